The number of rotatable bonds is 0. The van der Waals surface area contributed by atoms with Gasteiger partial charge in [0.1, 0.15) is 0 Å². The third-order valence-corrected chi connectivity index (χ3v) is 3.69. The molecule has 1 aliphatic carbocycles. The summed E-state index contributed by atoms with van der Waals surface area (Å²) >= 11 is 0. The Kier molecular flexibility index (Phi) is 1.27. The molecule has 4 rings (SSSR count). The molecule has 0 aromatic rings. The lowest BCUT2D eigenvalue weighted by atomic mass is 9.71. The van der Waals surface area contributed by atoms with Crippen LogP contribution >= 0.6 is 0 Å². The summed E-state index contributed by atoms with van der Waals surface area (Å²) in [6, 6.07) is 1.23. The lowest BCUT2D eigenvalue weighted by Gasteiger charge is -2.47. The van der Waals surface area contributed by atoms with E-state index in [1.165, 1.54) is 12.8 Å². The number of fused-ring (bicyclic) bond motifs is 1. The van der Waals surface area contributed by atoms with E-state index in [0.29, 0.717) is 12.1 Å². The predicted molar refractivity (Wildman–Crippen MR) is 53.6 cm³/mol. The number of piperidine rings is 1. The minimum atomic E-state index is 0.272. The highest BCUT2D eigenvalue weighted by molar-refractivity contribution is 5.68. The van der Waals surface area contributed by atoms with Crippen LogP contribution in [0.25, 0.3) is 0 Å². The van der Waals surface area contributed by atoms with Gasteiger partial charge >= 0.3 is 0 Å². The monoisotopic (exact) mass is 176 g/mol. The first kappa shape index (κ1) is 7.60. The van der Waals surface area contributed by atoms with Crippen molar-refractivity contribution in [3.8, 4) is 0 Å². The molecule has 13 heavy (non-hydrogen) atoms. The quantitative estimate of drug-likeness (QED) is 0.516. The zero-order chi connectivity index (χ0) is 9.05. The third-order valence-electron chi connectivity index (χ3n) is 3.69. The van der Waals surface area contributed by atoms with Gasteiger partial charge in [-0.2, -0.15) is 5.10 Å². The van der Waals surface area contributed by atoms with Crippen molar-refractivity contribution in [3.05, 3.63) is 12.2 Å². The van der Waals surface area contributed by atoms with E-state index in [9.17, 15) is 0 Å². The van der Waals surface area contributed by atoms with Gasteiger partial charge in [-0.25, -0.2) is 0 Å². The summed E-state index contributed by atoms with van der Waals surface area (Å²) in [6.45, 7) is 4.60. The highest BCUT2D eigenvalue weighted by Crippen LogP contribution is 2.45. The second kappa shape index (κ2) is 2.17. The molecule has 0 aromatic heterocycles. The summed E-state index contributed by atoms with van der Waals surface area (Å²) in [5, 5.41) is 6.88. The first-order valence-electron chi connectivity index (χ1n) is 5.20. The fraction of sp³-hybridized carbons (Fsp3) is 0.727. The topological polar surface area (TPSA) is 15.6 Å². The van der Waals surface area contributed by atoms with Crippen molar-refractivity contribution >= 4 is 6.21 Å². The number of hydrogen-bond donors (Lipinski definition) is 0. The molecule has 3 atom stereocenters. The Morgan fingerprint density at radius 1 is 1.31 bits per heavy atom. The largest absolute Gasteiger partial charge is 0.286 e. The Morgan fingerprint density at radius 2 is 2.15 bits per heavy atom. The lowest BCUT2D eigenvalue weighted by molar-refractivity contribution is 0.0427. The molecule has 0 spiro atoms. The Hall–Kier alpha value is -0.790. The maximum Gasteiger partial charge on any atom is 0.0654 e. The van der Waals surface area contributed by atoms with Crippen LogP contribution < -0.4 is 0 Å². The van der Waals surface area contributed by atoms with Gasteiger partial charge in [0.2, 0.25) is 0 Å². The molecule has 1 saturated heterocycles. The van der Waals surface area contributed by atoms with Crippen molar-refractivity contribution in [2.75, 3.05) is 0 Å². The van der Waals surface area contributed by atoms with Gasteiger partial charge in [0.15, 0.2) is 0 Å². The summed E-state index contributed by atoms with van der Waals surface area (Å²) in [6.07, 6.45) is 9.53. The molecular formula is C11H16N2. The molecule has 3 aliphatic heterocycles. The van der Waals surface area contributed by atoms with Crippen LogP contribution in [-0.4, -0.2) is 23.3 Å². The van der Waals surface area contributed by atoms with Gasteiger partial charge in [-0.3, -0.25) is 5.01 Å². The summed E-state index contributed by atoms with van der Waals surface area (Å²) in [7, 11) is 0. The zero-order valence-corrected chi connectivity index (χ0v) is 8.27. The van der Waals surface area contributed by atoms with Crippen molar-refractivity contribution in [2.45, 2.75) is 38.8 Å². The van der Waals surface area contributed by atoms with Gasteiger partial charge in [-0.15, -0.1) is 0 Å². The van der Waals surface area contributed by atoms with E-state index in [1.807, 2.05) is 0 Å². The number of hydrazone groups is 1. The third kappa shape index (κ3) is 0.862. The van der Waals surface area contributed by atoms with Gasteiger partial charge in [0.25, 0.3) is 0 Å². The van der Waals surface area contributed by atoms with Crippen molar-refractivity contribution < 1.29 is 0 Å². The van der Waals surface area contributed by atoms with Crippen LogP contribution in [0, 0.1) is 11.3 Å². The van der Waals surface area contributed by atoms with Gasteiger partial charge < -0.3 is 0 Å². The first-order valence-corrected chi connectivity index (χ1v) is 5.20. The normalized spacial score (nSPS) is 44.2. The SMILES string of the molecule is CC1(C)C=NN2C3C=CC(CC3)C21. The van der Waals surface area contributed by atoms with Crippen molar-refractivity contribution in [1.82, 2.24) is 5.01 Å². The Bertz CT molecular complexity index is 290. The molecule has 2 heteroatoms. The minimum Gasteiger partial charge on any atom is -0.286 e. The molecule has 2 bridgehead atoms. The van der Waals surface area contributed by atoms with E-state index in [4.69, 9.17) is 0 Å². The van der Waals surface area contributed by atoms with E-state index >= 15 is 0 Å². The standard InChI is InChI=1S/C11H16N2/c1-11(2)7-12-13-9-5-3-8(4-6-9)10(11)13/h3,5,7-10H,4,6H2,1-2H3. The molecule has 2 nitrogen and oxygen atoms in total. The van der Waals surface area contributed by atoms with Crippen LogP contribution in [0.1, 0.15) is 26.7 Å². The van der Waals surface area contributed by atoms with Gasteiger partial charge in [0.05, 0.1) is 12.1 Å². The fourth-order valence-corrected chi connectivity index (χ4v) is 3.05. The summed E-state index contributed by atoms with van der Waals surface area (Å²) < 4.78 is 0. The summed E-state index contributed by atoms with van der Waals surface area (Å²) in [5.41, 5.74) is 0.272. The van der Waals surface area contributed by atoms with Crippen molar-refractivity contribution in [3.63, 3.8) is 0 Å². The van der Waals surface area contributed by atoms with Crippen LogP contribution in [0.15, 0.2) is 17.3 Å². The van der Waals surface area contributed by atoms with Gasteiger partial charge in [0, 0.05) is 11.6 Å². The van der Waals surface area contributed by atoms with Crippen LogP contribution in [0.4, 0.5) is 0 Å². The molecule has 0 radical (unpaired) electrons. The average Bonchev–Trinajstić information content (AvgIpc) is 2.47. The van der Waals surface area contributed by atoms with Gasteiger partial charge in [-0.05, 0) is 18.8 Å². The highest BCUT2D eigenvalue weighted by Gasteiger charge is 2.48. The van der Waals surface area contributed by atoms with Crippen molar-refractivity contribution in [2.24, 2.45) is 16.4 Å². The van der Waals surface area contributed by atoms with E-state index in [2.05, 4.69) is 42.3 Å². The molecule has 0 aromatic carbocycles. The second-order valence-electron chi connectivity index (χ2n) is 5.08. The zero-order valence-electron chi connectivity index (χ0n) is 8.27. The highest BCUT2D eigenvalue weighted by atomic mass is 15.5. The minimum absolute atomic E-state index is 0.272. The summed E-state index contributed by atoms with van der Waals surface area (Å²) in [4.78, 5) is 0. The van der Waals surface area contributed by atoms with E-state index in [0.717, 1.165) is 5.92 Å². The number of nitrogens with zero attached hydrogens (tertiary/aromatic N) is 2. The molecule has 0 N–H and O–H groups in total. The Morgan fingerprint density at radius 3 is 2.77 bits per heavy atom. The van der Waals surface area contributed by atoms with E-state index in [1.54, 1.807) is 0 Å². The Labute approximate surface area is 79.3 Å². The maximum atomic E-state index is 4.55. The lowest BCUT2D eigenvalue weighted by Crippen LogP contribution is -2.52. The van der Waals surface area contributed by atoms with E-state index in [-0.39, 0.29) is 5.41 Å². The molecule has 1 fully saturated rings. The van der Waals surface area contributed by atoms with E-state index < -0.39 is 0 Å². The fourth-order valence-electron chi connectivity index (χ4n) is 3.05. The molecule has 3 unspecified atom stereocenters. The molecule has 0 amide bonds. The predicted octanol–water partition coefficient (Wildman–Crippen LogP) is 2.03. The molecule has 3 heterocycles. The summed E-state index contributed by atoms with van der Waals surface area (Å²) in [5.74, 6) is 0.738. The Balaban J connectivity index is 2.03. The van der Waals surface area contributed by atoms with Crippen LogP contribution in [0.3, 0.4) is 0 Å². The van der Waals surface area contributed by atoms with Crippen LogP contribution in [0.2, 0.25) is 0 Å². The first-order chi connectivity index (χ1) is 6.18. The average molecular weight is 176 g/mol. The van der Waals surface area contributed by atoms with Crippen LogP contribution in [-0.2, 0) is 0 Å². The van der Waals surface area contributed by atoms with Crippen molar-refractivity contribution in [1.29, 1.82) is 0 Å². The number of hydrogen-bond acceptors (Lipinski definition) is 2. The smallest absolute Gasteiger partial charge is 0.0654 e. The van der Waals surface area contributed by atoms with Crippen LogP contribution in [0.5, 0.6) is 0 Å². The second-order valence-corrected chi connectivity index (χ2v) is 5.08. The molecule has 4 aliphatic rings. The molecular weight excluding hydrogens is 160 g/mol. The molecule has 70 valence electrons. The van der Waals surface area contributed by atoms with Gasteiger partial charge in [-0.1, -0.05) is 26.0 Å². The maximum absolute atomic E-state index is 4.55. The molecule has 0 saturated carbocycles.